The van der Waals surface area contributed by atoms with Crippen LogP contribution in [0.15, 0.2) is 0 Å². The molecule has 0 aromatic rings. The third-order valence-corrected chi connectivity index (χ3v) is 1.99. The standard InChI is InChI=1S/C7H15NO/c1-6-4-9-5-7(6)8(2)3/h6-7H,4-5H2,1-3H3/t6-,7+/m0/s1. The molecule has 1 fully saturated rings. The molecule has 1 aliphatic heterocycles. The second kappa shape index (κ2) is 2.67. The zero-order chi connectivity index (χ0) is 6.85. The minimum Gasteiger partial charge on any atom is -0.379 e. The Kier molecular flexibility index (Phi) is 2.09. The summed E-state index contributed by atoms with van der Waals surface area (Å²) in [6.45, 7) is 4.08. The van der Waals surface area contributed by atoms with Gasteiger partial charge in [-0.25, -0.2) is 0 Å². The lowest BCUT2D eigenvalue weighted by atomic mass is 10.1. The van der Waals surface area contributed by atoms with E-state index in [0.29, 0.717) is 12.0 Å². The molecule has 0 unspecified atom stereocenters. The van der Waals surface area contributed by atoms with Crippen LogP contribution in [0.3, 0.4) is 0 Å². The third kappa shape index (κ3) is 1.43. The van der Waals surface area contributed by atoms with Crippen LogP contribution >= 0.6 is 0 Å². The molecule has 0 aromatic heterocycles. The van der Waals surface area contributed by atoms with Crippen LogP contribution < -0.4 is 0 Å². The molecule has 0 spiro atoms. The Balaban J connectivity index is 2.40. The first kappa shape index (κ1) is 7.03. The Morgan fingerprint density at radius 1 is 1.33 bits per heavy atom. The average molecular weight is 129 g/mol. The highest BCUT2D eigenvalue weighted by atomic mass is 16.5. The van der Waals surface area contributed by atoms with E-state index in [1.54, 1.807) is 0 Å². The topological polar surface area (TPSA) is 12.5 Å². The van der Waals surface area contributed by atoms with Crippen molar-refractivity contribution in [1.82, 2.24) is 4.90 Å². The number of hydrogen-bond acceptors (Lipinski definition) is 2. The van der Waals surface area contributed by atoms with Gasteiger partial charge in [0.15, 0.2) is 0 Å². The molecule has 0 radical (unpaired) electrons. The van der Waals surface area contributed by atoms with E-state index in [2.05, 4.69) is 25.9 Å². The molecule has 54 valence electrons. The molecule has 2 heteroatoms. The van der Waals surface area contributed by atoms with Gasteiger partial charge in [-0.2, -0.15) is 0 Å². The number of rotatable bonds is 1. The largest absolute Gasteiger partial charge is 0.379 e. The molecule has 0 saturated carbocycles. The van der Waals surface area contributed by atoms with Crippen LogP contribution in [0.25, 0.3) is 0 Å². The minimum atomic E-state index is 0.644. The number of likely N-dealkylation sites (N-methyl/N-ethyl adjacent to an activating group) is 1. The number of nitrogens with zero attached hydrogens (tertiary/aromatic N) is 1. The van der Waals surface area contributed by atoms with E-state index in [4.69, 9.17) is 4.74 Å². The first-order valence-corrected chi connectivity index (χ1v) is 3.46. The molecule has 9 heavy (non-hydrogen) atoms. The molecular weight excluding hydrogens is 114 g/mol. The monoisotopic (exact) mass is 129 g/mol. The lowest BCUT2D eigenvalue weighted by molar-refractivity contribution is 0.169. The highest BCUT2D eigenvalue weighted by Gasteiger charge is 2.25. The summed E-state index contributed by atoms with van der Waals surface area (Å²) in [6.07, 6.45) is 0. The van der Waals surface area contributed by atoms with E-state index >= 15 is 0 Å². The predicted octanol–water partition coefficient (Wildman–Crippen LogP) is 0.583. The Bertz CT molecular complexity index is 92.9. The molecule has 0 N–H and O–H groups in total. The molecule has 1 aliphatic rings. The van der Waals surface area contributed by atoms with Gasteiger partial charge in [0.05, 0.1) is 13.2 Å². The van der Waals surface area contributed by atoms with Crippen LogP contribution in [0.4, 0.5) is 0 Å². The van der Waals surface area contributed by atoms with Crippen LogP contribution in [0.2, 0.25) is 0 Å². The summed E-state index contributed by atoms with van der Waals surface area (Å²) >= 11 is 0. The molecule has 1 saturated heterocycles. The van der Waals surface area contributed by atoms with E-state index in [1.807, 2.05) is 0 Å². The summed E-state index contributed by atoms with van der Waals surface area (Å²) in [5.74, 6) is 0.708. The van der Waals surface area contributed by atoms with Crippen LogP contribution in [-0.2, 0) is 4.74 Å². The second-order valence-corrected chi connectivity index (χ2v) is 3.05. The maximum absolute atomic E-state index is 5.29. The Labute approximate surface area is 56.8 Å². The Hall–Kier alpha value is -0.0800. The molecule has 0 aliphatic carbocycles. The first-order valence-electron chi connectivity index (χ1n) is 3.46. The smallest absolute Gasteiger partial charge is 0.0625 e. The van der Waals surface area contributed by atoms with Gasteiger partial charge >= 0.3 is 0 Å². The van der Waals surface area contributed by atoms with Crippen LogP contribution in [0, 0.1) is 5.92 Å². The molecule has 0 aromatic carbocycles. The van der Waals surface area contributed by atoms with Crippen molar-refractivity contribution in [1.29, 1.82) is 0 Å². The van der Waals surface area contributed by atoms with Crippen molar-refractivity contribution in [2.24, 2.45) is 5.92 Å². The zero-order valence-corrected chi connectivity index (χ0v) is 6.42. The van der Waals surface area contributed by atoms with Gasteiger partial charge in [0.2, 0.25) is 0 Å². The summed E-state index contributed by atoms with van der Waals surface area (Å²) in [5, 5.41) is 0. The molecular formula is C7H15NO. The lowest BCUT2D eigenvalue weighted by Gasteiger charge is -2.20. The van der Waals surface area contributed by atoms with Crippen molar-refractivity contribution in [2.75, 3.05) is 27.3 Å². The van der Waals surface area contributed by atoms with Gasteiger partial charge in [0.1, 0.15) is 0 Å². The van der Waals surface area contributed by atoms with E-state index < -0.39 is 0 Å². The summed E-state index contributed by atoms with van der Waals surface area (Å²) < 4.78 is 5.29. The van der Waals surface area contributed by atoms with Crippen molar-refractivity contribution in [2.45, 2.75) is 13.0 Å². The van der Waals surface area contributed by atoms with Gasteiger partial charge in [-0.15, -0.1) is 0 Å². The predicted molar refractivity (Wildman–Crippen MR) is 37.5 cm³/mol. The van der Waals surface area contributed by atoms with Crippen LogP contribution in [0.1, 0.15) is 6.92 Å². The van der Waals surface area contributed by atoms with Gasteiger partial charge in [-0.05, 0) is 20.0 Å². The summed E-state index contributed by atoms with van der Waals surface area (Å²) in [6, 6.07) is 0.644. The van der Waals surface area contributed by atoms with Crippen molar-refractivity contribution >= 4 is 0 Å². The fourth-order valence-corrected chi connectivity index (χ4v) is 1.31. The van der Waals surface area contributed by atoms with E-state index in [-0.39, 0.29) is 0 Å². The number of hydrogen-bond donors (Lipinski definition) is 0. The van der Waals surface area contributed by atoms with Crippen molar-refractivity contribution < 1.29 is 4.74 Å². The highest BCUT2D eigenvalue weighted by Crippen LogP contribution is 2.15. The summed E-state index contributed by atoms with van der Waals surface area (Å²) in [4.78, 5) is 2.23. The quantitative estimate of drug-likeness (QED) is 0.513. The van der Waals surface area contributed by atoms with Crippen molar-refractivity contribution in [3.8, 4) is 0 Å². The molecule has 2 nitrogen and oxygen atoms in total. The molecule has 1 heterocycles. The maximum Gasteiger partial charge on any atom is 0.0625 e. The summed E-state index contributed by atoms with van der Waals surface area (Å²) in [5.41, 5.74) is 0. The average Bonchev–Trinajstić information content (AvgIpc) is 2.13. The molecule has 0 amide bonds. The Morgan fingerprint density at radius 2 is 2.00 bits per heavy atom. The second-order valence-electron chi connectivity index (χ2n) is 3.05. The fourth-order valence-electron chi connectivity index (χ4n) is 1.31. The molecule has 0 bridgehead atoms. The van der Waals surface area contributed by atoms with E-state index in [0.717, 1.165) is 13.2 Å². The van der Waals surface area contributed by atoms with E-state index in [1.165, 1.54) is 0 Å². The third-order valence-electron chi connectivity index (χ3n) is 1.99. The highest BCUT2D eigenvalue weighted by molar-refractivity contribution is 4.77. The maximum atomic E-state index is 5.29. The molecule has 2 atom stereocenters. The van der Waals surface area contributed by atoms with Crippen molar-refractivity contribution in [3.05, 3.63) is 0 Å². The number of ether oxygens (including phenoxy) is 1. The SMILES string of the molecule is C[C@H]1COC[C@H]1N(C)C. The Morgan fingerprint density at radius 3 is 2.22 bits per heavy atom. The van der Waals surface area contributed by atoms with Gasteiger partial charge in [0, 0.05) is 6.04 Å². The van der Waals surface area contributed by atoms with Gasteiger partial charge in [0.25, 0.3) is 0 Å². The normalized spacial score (nSPS) is 36.0. The van der Waals surface area contributed by atoms with Crippen LogP contribution in [-0.4, -0.2) is 38.3 Å². The van der Waals surface area contributed by atoms with Gasteiger partial charge in [-0.1, -0.05) is 6.92 Å². The zero-order valence-electron chi connectivity index (χ0n) is 6.42. The van der Waals surface area contributed by atoms with Gasteiger partial charge in [-0.3, -0.25) is 0 Å². The van der Waals surface area contributed by atoms with Crippen molar-refractivity contribution in [3.63, 3.8) is 0 Å². The van der Waals surface area contributed by atoms with Crippen LogP contribution in [0.5, 0.6) is 0 Å². The summed E-state index contributed by atoms with van der Waals surface area (Å²) in [7, 11) is 4.21. The van der Waals surface area contributed by atoms with E-state index in [9.17, 15) is 0 Å². The van der Waals surface area contributed by atoms with Gasteiger partial charge < -0.3 is 9.64 Å². The molecule has 1 rings (SSSR count). The fraction of sp³-hybridized carbons (Fsp3) is 1.00. The minimum absolute atomic E-state index is 0.644. The first-order chi connectivity index (χ1) is 4.22. The lowest BCUT2D eigenvalue weighted by Crippen LogP contribution is -2.32.